The quantitative estimate of drug-likeness (QED) is 0.545. The number of aliphatic hydroxyl groups is 1. The fourth-order valence-corrected chi connectivity index (χ4v) is 6.27. The molecule has 4 rings (SSSR count). The minimum absolute atomic E-state index is 0.0863. The Morgan fingerprint density at radius 2 is 2.16 bits per heavy atom. The molecule has 3 aliphatic rings. The van der Waals surface area contributed by atoms with Gasteiger partial charge in [-0.25, -0.2) is 9.59 Å². The second-order valence-electron chi connectivity index (χ2n) is 10.1. The van der Waals surface area contributed by atoms with Gasteiger partial charge in [0, 0.05) is 23.9 Å². The van der Waals surface area contributed by atoms with Gasteiger partial charge in [0.2, 0.25) is 0 Å². The summed E-state index contributed by atoms with van der Waals surface area (Å²) in [6, 6.07) is 3.39. The second-order valence-corrected chi connectivity index (χ2v) is 10.1. The Bertz CT molecular complexity index is 954. The largest absolute Gasteiger partial charge is 0.458 e. The molecule has 0 amide bonds. The van der Waals surface area contributed by atoms with Crippen molar-refractivity contribution in [2.24, 2.45) is 22.7 Å². The molecule has 0 aromatic carbocycles. The number of cyclic esters (lactones) is 1. The topological polar surface area (TPSA) is 85.7 Å². The van der Waals surface area contributed by atoms with Gasteiger partial charge in [-0.1, -0.05) is 32.4 Å². The smallest absolute Gasteiger partial charge is 0.340 e. The number of rotatable bonds is 5. The lowest BCUT2D eigenvalue weighted by molar-refractivity contribution is -0.191. The van der Waals surface area contributed by atoms with E-state index in [0.29, 0.717) is 12.2 Å². The Hall–Kier alpha value is -2.47. The van der Waals surface area contributed by atoms with Crippen LogP contribution in [0.15, 0.2) is 47.8 Å². The van der Waals surface area contributed by atoms with Crippen LogP contribution in [0.5, 0.6) is 0 Å². The fourth-order valence-electron chi connectivity index (χ4n) is 6.27. The van der Waals surface area contributed by atoms with Crippen molar-refractivity contribution in [3.63, 3.8) is 0 Å². The van der Waals surface area contributed by atoms with Gasteiger partial charge in [0.05, 0.1) is 11.7 Å². The maximum absolute atomic E-state index is 12.9. The van der Waals surface area contributed by atoms with Gasteiger partial charge in [0.1, 0.15) is 12.7 Å². The first kappa shape index (κ1) is 22.7. The Morgan fingerprint density at radius 3 is 2.81 bits per heavy atom. The summed E-state index contributed by atoms with van der Waals surface area (Å²) in [4.78, 5) is 28.4. The molecular weight excluding hydrogens is 406 g/mol. The standard InChI is InChI=1S/C26H33NO5/c1-16-7-5-9-20-25(3,11-10-18-13-21(28)31-15-18)17(2)22(29)23(26(16,20)4)32-24(30)19-8-6-12-27-14-19/h6-8,12-14,17,20,22-23,29H,5,9-11,15H2,1-4H3/t17-,20-,22-,23+,25+,26+/m1/s1. The number of carbonyl (C=O) groups is 2. The van der Waals surface area contributed by atoms with Crippen LogP contribution in [-0.2, 0) is 14.3 Å². The van der Waals surface area contributed by atoms with Crippen molar-refractivity contribution in [2.45, 2.75) is 65.6 Å². The molecule has 2 heterocycles. The number of esters is 2. The summed E-state index contributed by atoms with van der Waals surface area (Å²) in [5.41, 5.74) is 1.89. The van der Waals surface area contributed by atoms with Crippen LogP contribution in [-0.4, -0.2) is 40.8 Å². The number of ether oxygens (including phenoxy) is 2. The lowest BCUT2D eigenvalue weighted by Crippen LogP contribution is -2.64. The Kier molecular flexibility index (Phi) is 6.01. The van der Waals surface area contributed by atoms with Crippen LogP contribution in [0.3, 0.4) is 0 Å². The zero-order valence-corrected chi connectivity index (χ0v) is 19.3. The molecule has 1 aromatic heterocycles. The van der Waals surface area contributed by atoms with Gasteiger partial charge in [0.15, 0.2) is 0 Å². The highest BCUT2D eigenvalue weighted by Gasteiger charge is 2.62. The molecule has 0 saturated heterocycles. The van der Waals surface area contributed by atoms with Gasteiger partial charge in [-0.05, 0) is 67.6 Å². The number of fused-ring (bicyclic) bond motifs is 1. The number of carbonyl (C=O) groups excluding carboxylic acids is 2. The number of aromatic nitrogens is 1. The maximum Gasteiger partial charge on any atom is 0.340 e. The predicted octanol–water partition coefficient (Wildman–Crippen LogP) is 4.25. The molecule has 2 aliphatic carbocycles. The van der Waals surface area contributed by atoms with E-state index in [-0.39, 0.29) is 23.2 Å². The van der Waals surface area contributed by atoms with Crippen LogP contribution in [0, 0.1) is 22.7 Å². The van der Waals surface area contributed by atoms with Gasteiger partial charge in [0.25, 0.3) is 0 Å². The van der Waals surface area contributed by atoms with E-state index in [1.54, 1.807) is 24.4 Å². The van der Waals surface area contributed by atoms with E-state index in [2.05, 4.69) is 38.8 Å². The van der Waals surface area contributed by atoms with Crippen LogP contribution in [0.1, 0.15) is 63.7 Å². The van der Waals surface area contributed by atoms with Crippen molar-refractivity contribution in [3.05, 3.63) is 53.4 Å². The highest BCUT2D eigenvalue weighted by Crippen LogP contribution is 2.62. The first-order valence-corrected chi connectivity index (χ1v) is 11.5. The average molecular weight is 440 g/mol. The molecule has 172 valence electrons. The zero-order valence-electron chi connectivity index (χ0n) is 19.3. The number of allylic oxidation sites excluding steroid dienone is 1. The molecule has 0 radical (unpaired) electrons. The van der Waals surface area contributed by atoms with Crippen molar-refractivity contribution in [3.8, 4) is 0 Å². The molecular formula is C26H33NO5. The number of nitrogens with zero attached hydrogens (tertiary/aromatic N) is 1. The second kappa shape index (κ2) is 8.47. The summed E-state index contributed by atoms with van der Waals surface area (Å²) >= 11 is 0. The van der Waals surface area contributed by atoms with E-state index in [4.69, 9.17) is 9.47 Å². The molecule has 32 heavy (non-hydrogen) atoms. The predicted molar refractivity (Wildman–Crippen MR) is 120 cm³/mol. The summed E-state index contributed by atoms with van der Waals surface area (Å²) in [6.07, 6.45) is 9.01. The molecule has 6 atom stereocenters. The molecule has 6 nitrogen and oxygen atoms in total. The van der Waals surface area contributed by atoms with Crippen molar-refractivity contribution in [1.29, 1.82) is 0 Å². The van der Waals surface area contributed by atoms with Crippen LogP contribution in [0.4, 0.5) is 0 Å². The van der Waals surface area contributed by atoms with E-state index in [9.17, 15) is 14.7 Å². The lowest BCUT2D eigenvalue weighted by Gasteiger charge is -2.62. The summed E-state index contributed by atoms with van der Waals surface area (Å²) < 4.78 is 11.1. The van der Waals surface area contributed by atoms with Gasteiger partial charge in [-0.3, -0.25) is 4.98 Å². The molecule has 1 saturated carbocycles. The first-order chi connectivity index (χ1) is 15.2. The molecule has 0 bridgehead atoms. The maximum atomic E-state index is 12.9. The lowest BCUT2D eigenvalue weighted by atomic mass is 9.45. The highest BCUT2D eigenvalue weighted by atomic mass is 16.6. The monoisotopic (exact) mass is 439 g/mol. The van der Waals surface area contributed by atoms with Gasteiger partial charge in [-0.2, -0.15) is 0 Å². The minimum Gasteiger partial charge on any atom is -0.458 e. The summed E-state index contributed by atoms with van der Waals surface area (Å²) in [6.45, 7) is 8.90. The number of hydrogen-bond acceptors (Lipinski definition) is 6. The molecule has 1 aromatic rings. The molecule has 0 spiro atoms. The SMILES string of the molecule is CC1=CCC[C@@H]2[C@@](C)(CCC3=CC(=O)OC3)[C@H](C)[C@@H](O)[C@H](OC(=O)c3cccnc3)[C@@]12C. The van der Waals surface area contributed by atoms with Crippen LogP contribution >= 0.6 is 0 Å². The number of pyridine rings is 1. The van der Waals surface area contributed by atoms with Crippen molar-refractivity contribution < 1.29 is 24.2 Å². The van der Waals surface area contributed by atoms with Gasteiger partial charge >= 0.3 is 11.9 Å². The highest BCUT2D eigenvalue weighted by molar-refractivity contribution is 5.89. The van der Waals surface area contributed by atoms with Crippen molar-refractivity contribution >= 4 is 11.9 Å². The third-order valence-electron chi connectivity index (χ3n) is 8.57. The van der Waals surface area contributed by atoms with Crippen molar-refractivity contribution in [2.75, 3.05) is 6.61 Å². The summed E-state index contributed by atoms with van der Waals surface area (Å²) in [5.74, 6) is -0.589. The Labute approximate surface area is 189 Å². The van der Waals surface area contributed by atoms with Crippen LogP contribution in [0.2, 0.25) is 0 Å². The third-order valence-corrected chi connectivity index (χ3v) is 8.57. The van der Waals surface area contributed by atoms with E-state index in [1.165, 1.54) is 6.20 Å². The van der Waals surface area contributed by atoms with Gasteiger partial charge < -0.3 is 14.6 Å². The zero-order chi connectivity index (χ0) is 23.1. The Morgan fingerprint density at radius 1 is 1.38 bits per heavy atom. The van der Waals surface area contributed by atoms with E-state index in [0.717, 1.165) is 36.8 Å². The number of aliphatic hydroxyl groups excluding tert-OH is 1. The molecule has 1 N–H and O–H groups in total. The summed E-state index contributed by atoms with van der Waals surface area (Å²) in [7, 11) is 0. The molecule has 1 fully saturated rings. The Balaban J connectivity index is 1.65. The molecule has 1 aliphatic heterocycles. The summed E-state index contributed by atoms with van der Waals surface area (Å²) in [5, 5.41) is 11.5. The average Bonchev–Trinajstić information content (AvgIpc) is 3.21. The first-order valence-electron chi connectivity index (χ1n) is 11.5. The third kappa shape index (κ3) is 3.68. The van der Waals surface area contributed by atoms with Crippen molar-refractivity contribution in [1.82, 2.24) is 4.98 Å². The number of hydrogen-bond donors (Lipinski definition) is 1. The van der Waals surface area contributed by atoms with Crippen LogP contribution < -0.4 is 0 Å². The molecule has 0 unspecified atom stereocenters. The van der Waals surface area contributed by atoms with E-state index < -0.39 is 23.6 Å². The minimum atomic E-state index is -0.807. The fraction of sp³-hybridized carbons (Fsp3) is 0.577. The van der Waals surface area contributed by atoms with Crippen LogP contribution in [0.25, 0.3) is 0 Å². The molecule has 6 heteroatoms. The van der Waals surface area contributed by atoms with E-state index in [1.807, 2.05) is 0 Å². The van der Waals surface area contributed by atoms with E-state index >= 15 is 0 Å². The van der Waals surface area contributed by atoms with Gasteiger partial charge in [-0.15, -0.1) is 0 Å². The normalized spacial score (nSPS) is 36.6.